The van der Waals surface area contributed by atoms with E-state index in [-0.39, 0.29) is 16.7 Å². The molecule has 0 aliphatic heterocycles. The molecule has 0 amide bonds. The number of esters is 1. The number of anilines is 1. The maximum atomic E-state index is 11.8. The van der Waals surface area contributed by atoms with Gasteiger partial charge in [-0.25, -0.2) is 4.79 Å². The first-order chi connectivity index (χ1) is 8.81. The third kappa shape index (κ3) is 2.94. The van der Waals surface area contributed by atoms with E-state index in [2.05, 4.69) is 4.74 Å². The lowest BCUT2D eigenvalue weighted by Crippen LogP contribution is -2.20. The van der Waals surface area contributed by atoms with Crippen LogP contribution < -0.4 is 5.73 Å². The predicted molar refractivity (Wildman–Crippen MR) is 68.5 cm³/mol. The molecular weight excluding hydrogens is 299 g/mol. The van der Waals surface area contributed by atoms with Crippen molar-refractivity contribution < 1.29 is 19.2 Å². The van der Waals surface area contributed by atoms with Crippen LogP contribution in [0.15, 0.2) is 6.07 Å². The Labute approximate surface area is 117 Å². The van der Waals surface area contributed by atoms with Crippen LogP contribution in [0, 0.1) is 10.1 Å². The fourth-order valence-corrected chi connectivity index (χ4v) is 1.67. The number of rotatable bonds is 4. The molecule has 0 fully saturated rings. The topological polar surface area (TPSA) is 113 Å². The van der Waals surface area contributed by atoms with Gasteiger partial charge in [-0.3, -0.25) is 14.9 Å². The number of ketones is 1. The van der Waals surface area contributed by atoms with Crippen molar-refractivity contribution in [2.24, 2.45) is 0 Å². The molecule has 1 aromatic carbocycles. The second kappa shape index (κ2) is 5.85. The van der Waals surface area contributed by atoms with Gasteiger partial charge in [0.1, 0.15) is 5.56 Å². The van der Waals surface area contributed by atoms with E-state index in [1.54, 1.807) is 0 Å². The van der Waals surface area contributed by atoms with Crippen molar-refractivity contribution in [3.05, 3.63) is 31.8 Å². The number of halogens is 2. The predicted octanol–water partition coefficient (Wildman–Crippen LogP) is 2.23. The number of nitro groups is 1. The number of Topliss-reactive ketones (excluding diaryl/α,β-unsaturated/α-hetero) is 1. The molecule has 0 heterocycles. The minimum atomic E-state index is -1.25. The number of ether oxygens (including phenoxy) is 1. The highest BCUT2D eigenvalue weighted by Gasteiger charge is 2.31. The van der Waals surface area contributed by atoms with E-state index in [0.29, 0.717) is 0 Å². The summed E-state index contributed by atoms with van der Waals surface area (Å²) < 4.78 is 4.48. The first-order valence-corrected chi connectivity index (χ1v) is 5.70. The van der Waals surface area contributed by atoms with Gasteiger partial charge < -0.3 is 10.5 Å². The molecule has 1 rings (SSSR count). The maximum absolute atomic E-state index is 11.8. The zero-order chi connectivity index (χ0) is 14.7. The summed E-state index contributed by atoms with van der Waals surface area (Å²) in [5.41, 5.74) is 3.75. The molecule has 0 aliphatic carbocycles. The van der Waals surface area contributed by atoms with E-state index in [1.165, 1.54) is 6.92 Å². The molecule has 19 heavy (non-hydrogen) atoms. The fraction of sp³-hybridized carbons (Fsp3) is 0.200. The molecule has 102 valence electrons. The van der Waals surface area contributed by atoms with Gasteiger partial charge in [0.05, 0.1) is 27.3 Å². The van der Waals surface area contributed by atoms with Crippen molar-refractivity contribution in [2.75, 3.05) is 12.3 Å². The summed E-state index contributed by atoms with van der Waals surface area (Å²) in [5.74, 6) is -2.50. The summed E-state index contributed by atoms with van der Waals surface area (Å²) in [4.78, 5) is 33.1. The Morgan fingerprint density at radius 1 is 1.47 bits per heavy atom. The Kier molecular flexibility index (Phi) is 4.68. The SMILES string of the molecule is CCOC(=O)C(=O)c1c([N+](=O)[O-])cc(Cl)c(Cl)c1N. The van der Waals surface area contributed by atoms with Crippen LogP contribution in [0.3, 0.4) is 0 Å². The number of nitrogens with zero attached hydrogens (tertiary/aromatic N) is 1. The zero-order valence-corrected chi connectivity index (χ0v) is 11.1. The number of hydrogen-bond donors (Lipinski definition) is 1. The Balaban J connectivity index is 3.48. The highest BCUT2D eigenvalue weighted by atomic mass is 35.5. The van der Waals surface area contributed by atoms with Crippen molar-refractivity contribution in [1.82, 2.24) is 0 Å². The van der Waals surface area contributed by atoms with Crippen molar-refractivity contribution in [3.63, 3.8) is 0 Å². The van der Waals surface area contributed by atoms with Gasteiger partial charge in [0.2, 0.25) is 0 Å². The van der Waals surface area contributed by atoms with Crippen LogP contribution in [0.2, 0.25) is 10.0 Å². The Morgan fingerprint density at radius 2 is 2.05 bits per heavy atom. The summed E-state index contributed by atoms with van der Waals surface area (Å²) in [6.45, 7) is 1.43. The van der Waals surface area contributed by atoms with Gasteiger partial charge >= 0.3 is 5.97 Å². The maximum Gasteiger partial charge on any atom is 0.380 e. The largest absolute Gasteiger partial charge is 0.460 e. The molecule has 9 heteroatoms. The van der Waals surface area contributed by atoms with Crippen molar-refractivity contribution in [3.8, 4) is 0 Å². The molecule has 7 nitrogen and oxygen atoms in total. The highest BCUT2D eigenvalue weighted by molar-refractivity contribution is 6.48. The van der Waals surface area contributed by atoms with Crippen LogP contribution in [0.4, 0.5) is 11.4 Å². The quantitative estimate of drug-likeness (QED) is 0.228. The molecule has 0 aliphatic rings. The summed E-state index contributed by atoms with van der Waals surface area (Å²) >= 11 is 11.3. The molecule has 1 aromatic rings. The number of hydrogen-bond acceptors (Lipinski definition) is 6. The lowest BCUT2D eigenvalue weighted by molar-refractivity contribution is -0.385. The number of nitrogen functional groups attached to an aromatic ring is 1. The van der Waals surface area contributed by atoms with Crippen LogP contribution in [0.1, 0.15) is 17.3 Å². The average Bonchev–Trinajstić information content (AvgIpc) is 2.34. The van der Waals surface area contributed by atoms with Gasteiger partial charge in [-0.15, -0.1) is 0 Å². The monoisotopic (exact) mass is 306 g/mol. The minimum absolute atomic E-state index is 0.0560. The molecule has 0 aromatic heterocycles. The van der Waals surface area contributed by atoms with E-state index in [1.807, 2.05) is 0 Å². The van der Waals surface area contributed by atoms with Gasteiger partial charge in [0.25, 0.3) is 11.5 Å². The molecule has 0 bridgehead atoms. The van der Waals surface area contributed by atoms with Gasteiger partial charge in [0.15, 0.2) is 0 Å². The summed E-state index contributed by atoms with van der Waals surface area (Å²) in [6, 6.07) is 0.854. The minimum Gasteiger partial charge on any atom is -0.460 e. The van der Waals surface area contributed by atoms with Gasteiger partial charge in [0, 0.05) is 6.07 Å². The third-order valence-electron chi connectivity index (χ3n) is 2.12. The Hall–Kier alpha value is -1.86. The van der Waals surface area contributed by atoms with E-state index in [4.69, 9.17) is 28.9 Å². The van der Waals surface area contributed by atoms with E-state index >= 15 is 0 Å². The van der Waals surface area contributed by atoms with Crippen LogP contribution >= 0.6 is 23.2 Å². The molecule has 2 N–H and O–H groups in total. The average molecular weight is 307 g/mol. The van der Waals surface area contributed by atoms with E-state index < -0.39 is 33.6 Å². The molecule has 0 saturated carbocycles. The second-order valence-electron chi connectivity index (χ2n) is 3.29. The van der Waals surface area contributed by atoms with Crippen molar-refractivity contribution >= 4 is 46.3 Å². The Bertz CT molecular complexity index is 574. The summed E-state index contributed by atoms with van der Waals surface area (Å²) in [5, 5.41) is 10.4. The van der Waals surface area contributed by atoms with Crippen LogP contribution in [0.25, 0.3) is 0 Å². The molecule has 0 saturated heterocycles. The summed E-state index contributed by atoms with van der Waals surface area (Å²) in [6.07, 6.45) is 0. The number of carbonyl (C=O) groups is 2. The van der Waals surface area contributed by atoms with E-state index in [9.17, 15) is 19.7 Å². The number of benzene rings is 1. The smallest absolute Gasteiger partial charge is 0.380 e. The second-order valence-corrected chi connectivity index (χ2v) is 4.07. The van der Waals surface area contributed by atoms with Crippen LogP contribution in [-0.4, -0.2) is 23.3 Å². The molecule has 0 spiro atoms. The van der Waals surface area contributed by atoms with Crippen molar-refractivity contribution in [1.29, 1.82) is 0 Å². The van der Waals surface area contributed by atoms with Crippen molar-refractivity contribution in [2.45, 2.75) is 6.92 Å². The molecule has 0 atom stereocenters. The number of nitro benzene ring substituents is 1. The highest BCUT2D eigenvalue weighted by Crippen LogP contribution is 2.37. The molecule has 0 unspecified atom stereocenters. The first kappa shape index (κ1) is 15.2. The van der Waals surface area contributed by atoms with Gasteiger partial charge in [-0.05, 0) is 6.92 Å². The first-order valence-electron chi connectivity index (χ1n) is 4.94. The zero-order valence-electron chi connectivity index (χ0n) is 9.61. The fourth-order valence-electron chi connectivity index (χ4n) is 1.31. The normalized spacial score (nSPS) is 10.1. The lowest BCUT2D eigenvalue weighted by Gasteiger charge is -2.08. The van der Waals surface area contributed by atoms with E-state index in [0.717, 1.165) is 6.07 Å². The third-order valence-corrected chi connectivity index (χ3v) is 2.92. The Morgan fingerprint density at radius 3 is 2.53 bits per heavy atom. The van der Waals surface area contributed by atoms with Crippen LogP contribution in [0.5, 0.6) is 0 Å². The molecular formula is C10H8Cl2N2O5. The number of nitrogens with two attached hydrogens (primary N) is 1. The van der Waals surface area contributed by atoms with Gasteiger partial charge in [-0.1, -0.05) is 23.2 Å². The summed E-state index contributed by atoms with van der Waals surface area (Å²) in [7, 11) is 0. The molecule has 0 radical (unpaired) electrons. The van der Waals surface area contributed by atoms with Gasteiger partial charge in [-0.2, -0.15) is 0 Å². The standard InChI is InChI=1S/C10H8Cl2N2O5/c1-2-19-10(16)9(15)6-5(14(17)18)3-4(11)7(12)8(6)13/h3H,2,13H2,1H3. The lowest BCUT2D eigenvalue weighted by atomic mass is 10.1. The number of carbonyl (C=O) groups excluding carboxylic acids is 2. The van der Waals surface area contributed by atoms with Crippen LogP contribution in [-0.2, 0) is 9.53 Å².